The van der Waals surface area contributed by atoms with Gasteiger partial charge in [-0.05, 0) is 37.0 Å². The second kappa shape index (κ2) is 7.32. The molecule has 29 heavy (non-hydrogen) atoms. The van der Waals surface area contributed by atoms with Crippen molar-refractivity contribution in [1.82, 2.24) is 14.7 Å². The van der Waals surface area contributed by atoms with Crippen LogP contribution in [0.4, 0.5) is 0 Å². The van der Waals surface area contributed by atoms with Crippen LogP contribution in [0, 0.1) is 0 Å². The lowest BCUT2D eigenvalue weighted by Gasteiger charge is -2.60. The number of rotatable bonds is 3. The van der Waals surface area contributed by atoms with Gasteiger partial charge in [-0.25, -0.2) is 0 Å². The van der Waals surface area contributed by atoms with Crippen LogP contribution in [0.1, 0.15) is 24.8 Å². The van der Waals surface area contributed by atoms with Crippen molar-refractivity contribution in [2.45, 2.75) is 49.5 Å². The predicted octanol–water partition coefficient (Wildman–Crippen LogP) is 0.877. The Bertz CT molecular complexity index is 822. The van der Waals surface area contributed by atoms with E-state index in [1.54, 1.807) is 12.1 Å². The molecular weight excluding hydrogens is 394 g/mol. The van der Waals surface area contributed by atoms with E-state index in [1.165, 1.54) is 4.90 Å². The lowest BCUT2D eigenvalue weighted by Crippen LogP contribution is -2.82. The van der Waals surface area contributed by atoms with Crippen LogP contribution in [0.5, 0.6) is 0 Å². The van der Waals surface area contributed by atoms with Crippen LogP contribution in [0.3, 0.4) is 0 Å². The number of carbonyl (C=O) groups excluding carboxylic acids is 2. The summed E-state index contributed by atoms with van der Waals surface area (Å²) >= 11 is 6.10. The average molecular weight is 420 g/mol. The third-order valence-electron chi connectivity index (χ3n) is 6.89. The van der Waals surface area contributed by atoms with Crippen molar-refractivity contribution in [3.8, 4) is 0 Å². The summed E-state index contributed by atoms with van der Waals surface area (Å²) in [6.07, 6.45) is 1.76. The number of likely N-dealkylation sites (tertiary alicyclic amines) is 1. The number of imide groups is 1. The van der Waals surface area contributed by atoms with Crippen LogP contribution in [-0.4, -0.2) is 88.2 Å². The predicted molar refractivity (Wildman–Crippen MR) is 106 cm³/mol. The summed E-state index contributed by atoms with van der Waals surface area (Å²) in [7, 11) is 0. The summed E-state index contributed by atoms with van der Waals surface area (Å²) in [5.41, 5.74) is 0.120. The van der Waals surface area contributed by atoms with Gasteiger partial charge in [0.1, 0.15) is 5.54 Å². The lowest BCUT2D eigenvalue weighted by molar-refractivity contribution is -0.184. The molecule has 8 heteroatoms. The molecule has 0 radical (unpaired) electrons. The number of β-amino-alcohol motifs (C(OH)–C–C–N with tert-alkyl or cyclic N) is 1. The minimum atomic E-state index is -0.715. The first-order chi connectivity index (χ1) is 14.0. The molecule has 4 saturated heterocycles. The molecule has 0 aliphatic carbocycles. The van der Waals surface area contributed by atoms with Gasteiger partial charge in [-0.15, -0.1) is 0 Å². The highest BCUT2D eigenvalue weighted by atomic mass is 35.5. The zero-order valence-corrected chi connectivity index (χ0v) is 17.1. The molecule has 156 valence electrons. The number of piperazine rings is 1. The third kappa shape index (κ3) is 3.20. The molecule has 7 nitrogen and oxygen atoms in total. The fraction of sp³-hybridized carbons (Fsp3) is 0.619. The van der Waals surface area contributed by atoms with Crippen LogP contribution < -0.4 is 0 Å². The topological polar surface area (TPSA) is 73.3 Å². The molecule has 2 amide bonds. The van der Waals surface area contributed by atoms with E-state index in [0.29, 0.717) is 37.1 Å². The summed E-state index contributed by atoms with van der Waals surface area (Å²) in [5, 5.41) is 10.9. The Kier molecular flexibility index (Phi) is 4.91. The number of aliphatic hydroxyl groups excluding tert-OH is 1. The quantitative estimate of drug-likeness (QED) is 0.733. The van der Waals surface area contributed by atoms with Crippen molar-refractivity contribution in [2.75, 3.05) is 32.8 Å². The van der Waals surface area contributed by atoms with Gasteiger partial charge in [-0.2, -0.15) is 0 Å². The molecule has 4 heterocycles. The molecule has 0 saturated carbocycles. The van der Waals surface area contributed by atoms with E-state index in [-0.39, 0.29) is 18.4 Å². The highest BCUT2D eigenvalue weighted by Crippen LogP contribution is 2.42. The number of hydrogen-bond acceptors (Lipinski definition) is 6. The van der Waals surface area contributed by atoms with Crippen LogP contribution in [-0.2, 0) is 20.9 Å². The minimum absolute atomic E-state index is 0.142. The highest BCUT2D eigenvalue weighted by molar-refractivity contribution is 6.30. The van der Waals surface area contributed by atoms with Crippen LogP contribution >= 0.6 is 11.6 Å². The molecule has 1 aromatic rings. The zero-order chi connectivity index (χ0) is 20.2. The number of carbonyl (C=O) groups is 2. The van der Waals surface area contributed by atoms with Crippen molar-refractivity contribution >= 4 is 23.4 Å². The van der Waals surface area contributed by atoms with Gasteiger partial charge in [0.05, 0.1) is 18.7 Å². The maximum Gasteiger partial charge on any atom is 0.252 e. The van der Waals surface area contributed by atoms with Crippen molar-refractivity contribution in [2.24, 2.45) is 0 Å². The number of benzene rings is 1. The summed E-state index contributed by atoms with van der Waals surface area (Å²) in [6, 6.07) is 7.27. The van der Waals surface area contributed by atoms with Gasteiger partial charge in [0.2, 0.25) is 5.91 Å². The Morgan fingerprint density at radius 2 is 1.97 bits per heavy atom. The van der Waals surface area contributed by atoms with E-state index in [0.717, 1.165) is 31.6 Å². The number of amides is 2. The lowest BCUT2D eigenvalue weighted by atomic mass is 9.80. The molecular formula is C21H26ClN3O4. The molecule has 2 unspecified atom stereocenters. The third-order valence-corrected chi connectivity index (χ3v) is 7.12. The van der Waals surface area contributed by atoms with Gasteiger partial charge in [0.15, 0.2) is 0 Å². The first-order valence-corrected chi connectivity index (χ1v) is 10.7. The van der Waals surface area contributed by atoms with E-state index in [1.807, 2.05) is 17.0 Å². The fourth-order valence-electron chi connectivity index (χ4n) is 5.39. The molecule has 2 atom stereocenters. The van der Waals surface area contributed by atoms with E-state index in [4.69, 9.17) is 16.3 Å². The Labute approximate surface area is 175 Å². The molecule has 1 spiro atoms. The Morgan fingerprint density at radius 3 is 2.69 bits per heavy atom. The van der Waals surface area contributed by atoms with Gasteiger partial charge in [0, 0.05) is 43.9 Å². The number of fused-ring (bicyclic) bond motifs is 2. The van der Waals surface area contributed by atoms with Crippen LogP contribution in [0.15, 0.2) is 24.3 Å². The number of ether oxygens (including phenoxy) is 1. The van der Waals surface area contributed by atoms with Gasteiger partial charge in [0.25, 0.3) is 5.91 Å². The smallest absolute Gasteiger partial charge is 0.252 e. The maximum absolute atomic E-state index is 13.6. The van der Waals surface area contributed by atoms with Crippen LogP contribution in [0.2, 0.25) is 5.02 Å². The summed E-state index contributed by atoms with van der Waals surface area (Å²) in [6.45, 7) is 3.34. The molecule has 4 aliphatic heterocycles. The SMILES string of the molecule is O=C1C2CC(O)CN2C2(CN(C3CCOCC3)C2)C(=O)N1Cc1cccc(Cl)c1. The van der Waals surface area contributed by atoms with Gasteiger partial charge < -0.3 is 9.84 Å². The first kappa shape index (κ1) is 19.5. The maximum atomic E-state index is 13.6. The summed E-state index contributed by atoms with van der Waals surface area (Å²) in [4.78, 5) is 32.5. The number of aliphatic hydroxyl groups is 1. The first-order valence-electron chi connectivity index (χ1n) is 10.3. The number of nitrogens with zero attached hydrogens (tertiary/aromatic N) is 3. The summed E-state index contributed by atoms with van der Waals surface area (Å²) < 4.78 is 5.47. The number of hydrogen-bond donors (Lipinski definition) is 1. The van der Waals surface area contributed by atoms with E-state index in [9.17, 15) is 14.7 Å². The molecule has 1 aromatic carbocycles. The zero-order valence-electron chi connectivity index (χ0n) is 16.3. The van der Waals surface area contributed by atoms with E-state index in [2.05, 4.69) is 4.90 Å². The minimum Gasteiger partial charge on any atom is -0.392 e. The number of halogens is 1. The largest absolute Gasteiger partial charge is 0.392 e. The molecule has 0 aromatic heterocycles. The Morgan fingerprint density at radius 1 is 1.21 bits per heavy atom. The fourth-order valence-corrected chi connectivity index (χ4v) is 5.61. The standard InChI is InChI=1S/C21H26ClN3O4/c22-15-3-1-2-14(8-15)10-24-19(27)18-9-17(26)11-25(18)21(20(24)28)12-23(13-21)16-4-6-29-7-5-16/h1-3,8,16-18,26H,4-7,9-13H2. The summed E-state index contributed by atoms with van der Waals surface area (Å²) in [5.74, 6) is -0.349. The molecule has 1 N–H and O–H groups in total. The molecule has 4 aliphatic rings. The monoisotopic (exact) mass is 419 g/mol. The highest BCUT2D eigenvalue weighted by Gasteiger charge is 2.64. The Hall–Kier alpha value is -1.51. The molecule has 0 bridgehead atoms. The van der Waals surface area contributed by atoms with Crippen molar-refractivity contribution in [3.63, 3.8) is 0 Å². The van der Waals surface area contributed by atoms with Gasteiger partial charge in [-0.3, -0.25) is 24.3 Å². The average Bonchev–Trinajstić information content (AvgIpc) is 3.07. The Balaban J connectivity index is 1.41. The van der Waals surface area contributed by atoms with Crippen molar-refractivity contribution in [1.29, 1.82) is 0 Å². The van der Waals surface area contributed by atoms with Crippen molar-refractivity contribution in [3.05, 3.63) is 34.9 Å². The van der Waals surface area contributed by atoms with Gasteiger partial charge in [-0.1, -0.05) is 23.7 Å². The van der Waals surface area contributed by atoms with E-state index < -0.39 is 17.7 Å². The van der Waals surface area contributed by atoms with E-state index >= 15 is 0 Å². The second-order valence-corrected chi connectivity index (χ2v) is 9.13. The molecule has 5 rings (SSSR count). The normalized spacial score (nSPS) is 30.6. The molecule has 4 fully saturated rings. The second-order valence-electron chi connectivity index (χ2n) is 8.70. The van der Waals surface area contributed by atoms with Crippen LogP contribution in [0.25, 0.3) is 0 Å². The van der Waals surface area contributed by atoms with Crippen molar-refractivity contribution < 1.29 is 19.4 Å². The van der Waals surface area contributed by atoms with Gasteiger partial charge >= 0.3 is 0 Å².